The summed E-state index contributed by atoms with van der Waals surface area (Å²) < 4.78 is 2.22. The van der Waals surface area contributed by atoms with Gasteiger partial charge in [0, 0.05) is 39.5 Å². The van der Waals surface area contributed by atoms with E-state index in [1.54, 1.807) is 6.92 Å². The minimum atomic E-state index is -0.0765. The Morgan fingerprint density at radius 1 is 1.15 bits per heavy atom. The topological polar surface area (TPSA) is 63.1 Å². The van der Waals surface area contributed by atoms with Gasteiger partial charge in [0.15, 0.2) is 5.82 Å². The van der Waals surface area contributed by atoms with Crippen molar-refractivity contribution < 1.29 is 4.79 Å². The van der Waals surface area contributed by atoms with Crippen molar-refractivity contribution >= 4 is 5.91 Å². The average molecular weight is 370 g/mol. The van der Waals surface area contributed by atoms with E-state index in [-0.39, 0.29) is 11.9 Å². The van der Waals surface area contributed by atoms with E-state index >= 15 is 0 Å². The Balaban J connectivity index is 1.72. The SMILES string of the molecule is CC(=O)NC(CC(C)C)c1nnc2n1CCN(Cc1ccc(C)cc1)CC2. The number of fused-ring (bicyclic) bond motifs is 1. The molecule has 0 bridgehead atoms. The van der Waals surface area contributed by atoms with Crippen molar-refractivity contribution in [2.45, 2.75) is 59.7 Å². The molecule has 3 rings (SSSR count). The minimum absolute atomic E-state index is 0.0207. The quantitative estimate of drug-likeness (QED) is 0.850. The number of carbonyl (C=O) groups excluding carboxylic acids is 1. The van der Waals surface area contributed by atoms with Gasteiger partial charge >= 0.3 is 0 Å². The van der Waals surface area contributed by atoms with E-state index in [9.17, 15) is 4.79 Å². The molecule has 0 aliphatic carbocycles. The minimum Gasteiger partial charge on any atom is -0.346 e. The van der Waals surface area contributed by atoms with E-state index in [0.29, 0.717) is 5.92 Å². The molecule has 1 aliphatic rings. The van der Waals surface area contributed by atoms with Crippen LogP contribution < -0.4 is 5.32 Å². The van der Waals surface area contributed by atoms with Gasteiger partial charge in [-0.15, -0.1) is 10.2 Å². The van der Waals surface area contributed by atoms with E-state index in [2.05, 4.69) is 70.0 Å². The van der Waals surface area contributed by atoms with E-state index in [4.69, 9.17) is 0 Å². The molecule has 27 heavy (non-hydrogen) atoms. The van der Waals surface area contributed by atoms with Crippen molar-refractivity contribution in [3.05, 3.63) is 47.0 Å². The predicted molar refractivity (Wildman–Crippen MR) is 106 cm³/mol. The highest BCUT2D eigenvalue weighted by atomic mass is 16.1. The fourth-order valence-corrected chi connectivity index (χ4v) is 3.70. The van der Waals surface area contributed by atoms with Gasteiger partial charge in [0.05, 0.1) is 6.04 Å². The molecule has 1 aromatic heterocycles. The number of amides is 1. The summed E-state index contributed by atoms with van der Waals surface area (Å²) in [5.74, 6) is 2.37. The number of benzene rings is 1. The largest absolute Gasteiger partial charge is 0.346 e. The van der Waals surface area contributed by atoms with Crippen molar-refractivity contribution in [1.29, 1.82) is 0 Å². The van der Waals surface area contributed by atoms with E-state index < -0.39 is 0 Å². The second-order valence-electron chi connectivity index (χ2n) is 8.02. The maximum Gasteiger partial charge on any atom is 0.217 e. The smallest absolute Gasteiger partial charge is 0.217 e. The summed E-state index contributed by atoms with van der Waals surface area (Å²) in [7, 11) is 0. The molecular formula is C21H31N5O. The van der Waals surface area contributed by atoms with Crippen molar-refractivity contribution in [1.82, 2.24) is 25.0 Å². The Hall–Kier alpha value is -2.21. The number of hydrogen-bond acceptors (Lipinski definition) is 4. The van der Waals surface area contributed by atoms with Crippen LogP contribution in [0.15, 0.2) is 24.3 Å². The van der Waals surface area contributed by atoms with Crippen LogP contribution in [0.4, 0.5) is 0 Å². The second kappa shape index (κ2) is 8.65. The predicted octanol–water partition coefficient (Wildman–Crippen LogP) is 2.87. The molecule has 6 nitrogen and oxygen atoms in total. The highest BCUT2D eigenvalue weighted by molar-refractivity contribution is 5.73. The maximum absolute atomic E-state index is 11.7. The fraction of sp³-hybridized carbons (Fsp3) is 0.571. The molecule has 146 valence electrons. The average Bonchev–Trinajstić information content (AvgIpc) is 2.90. The lowest BCUT2D eigenvalue weighted by Crippen LogP contribution is -2.31. The molecular weight excluding hydrogens is 338 g/mol. The number of nitrogens with one attached hydrogen (secondary N) is 1. The lowest BCUT2D eigenvalue weighted by molar-refractivity contribution is -0.119. The lowest BCUT2D eigenvalue weighted by Gasteiger charge is -2.22. The Labute approximate surface area is 162 Å². The van der Waals surface area contributed by atoms with Crippen LogP contribution >= 0.6 is 0 Å². The normalized spacial score (nSPS) is 16.0. The number of hydrogen-bond donors (Lipinski definition) is 1. The third-order valence-corrected chi connectivity index (χ3v) is 5.07. The van der Waals surface area contributed by atoms with Gasteiger partial charge in [-0.1, -0.05) is 43.7 Å². The van der Waals surface area contributed by atoms with Gasteiger partial charge in [-0.25, -0.2) is 0 Å². The van der Waals surface area contributed by atoms with Gasteiger partial charge in [-0.2, -0.15) is 0 Å². The highest BCUT2D eigenvalue weighted by Gasteiger charge is 2.25. The monoisotopic (exact) mass is 369 g/mol. The summed E-state index contributed by atoms with van der Waals surface area (Å²) in [5, 5.41) is 11.9. The Kier molecular flexibility index (Phi) is 6.26. The summed E-state index contributed by atoms with van der Waals surface area (Å²) in [4.78, 5) is 14.1. The van der Waals surface area contributed by atoms with Crippen molar-refractivity contribution in [2.24, 2.45) is 5.92 Å². The van der Waals surface area contributed by atoms with Crippen molar-refractivity contribution in [2.75, 3.05) is 13.1 Å². The molecule has 1 amide bonds. The van der Waals surface area contributed by atoms with Gasteiger partial charge in [-0.05, 0) is 24.8 Å². The molecule has 1 unspecified atom stereocenters. The Morgan fingerprint density at radius 2 is 1.89 bits per heavy atom. The lowest BCUT2D eigenvalue weighted by atomic mass is 10.0. The molecule has 1 aliphatic heterocycles. The molecule has 0 saturated heterocycles. The molecule has 0 radical (unpaired) electrons. The first kappa shape index (κ1) is 19.5. The van der Waals surface area contributed by atoms with Crippen LogP contribution in [0.5, 0.6) is 0 Å². The number of nitrogens with zero attached hydrogens (tertiary/aromatic N) is 4. The third kappa shape index (κ3) is 5.16. The first-order valence-electron chi connectivity index (χ1n) is 9.89. The zero-order valence-electron chi connectivity index (χ0n) is 16.9. The zero-order chi connectivity index (χ0) is 19.4. The van der Waals surface area contributed by atoms with Gasteiger partial charge in [0.2, 0.25) is 5.91 Å². The van der Waals surface area contributed by atoms with Crippen LogP contribution in [-0.4, -0.2) is 38.7 Å². The third-order valence-electron chi connectivity index (χ3n) is 5.07. The van der Waals surface area contributed by atoms with E-state index in [1.165, 1.54) is 11.1 Å². The molecule has 1 N–H and O–H groups in total. The molecule has 0 fully saturated rings. The fourth-order valence-electron chi connectivity index (χ4n) is 3.70. The van der Waals surface area contributed by atoms with Crippen molar-refractivity contribution in [3.63, 3.8) is 0 Å². The number of rotatable bonds is 6. The Bertz CT molecular complexity index is 765. The van der Waals surface area contributed by atoms with Gasteiger partial charge < -0.3 is 9.88 Å². The molecule has 1 atom stereocenters. The molecule has 2 heterocycles. The van der Waals surface area contributed by atoms with Crippen LogP contribution in [-0.2, 0) is 24.3 Å². The molecule has 6 heteroatoms. The first-order chi connectivity index (χ1) is 12.9. The van der Waals surface area contributed by atoms with Gasteiger partial charge in [-0.3, -0.25) is 9.69 Å². The maximum atomic E-state index is 11.7. The summed E-state index contributed by atoms with van der Waals surface area (Å²) in [6.45, 7) is 11.8. The second-order valence-corrected chi connectivity index (χ2v) is 8.02. The Morgan fingerprint density at radius 3 is 2.56 bits per heavy atom. The summed E-state index contributed by atoms with van der Waals surface area (Å²) >= 11 is 0. The summed E-state index contributed by atoms with van der Waals surface area (Å²) in [6.07, 6.45) is 1.75. The summed E-state index contributed by atoms with van der Waals surface area (Å²) in [6, 6.07) is 8.68. The number of carbonyl (C=O) groups is 1. The molecule has 0 saturated carbocycles. The molecule has 1 aromatic carbocycles. The van der Waals surface area contributed by atoms with E-state index in [0.717, 1.165) is 50.7 Å². The van der Waals surface area contributed by atoms with Crippen LogP contribution in [0.25, 0.3) is 0 Å². The standard InChI is InChI=1S/C21H31N5O/c1-15(2)13-19(22-17(4)27)21-24-23-20-9-10-25(11-12-26(20)21)14-18-7-5-16(3)6-8-18/h5-8,15,19H,9-14H2,1-4H3,(H,22,27). The van der Waals surface area contributed by atoms with Gasteiger partial charge in [0.1, 0.15) is 5.82 Å². The zero-order valence-corrected chi connectivity index (χ0v) is 16.9. The number of aromatic nitrogens is 3. The van der Waals surface area contributed by atoms with E-state index in [1.807, 2.05) is 0 Å². The van der Waals surface area contributed by atoms with Gasteiger partial charge in [0.25, 0.3) is 0 Å². The molecule has 0 spiro atoms. The molecule has 2 aromatic rings. The number of aryl methyl sites for hydroxylation is 1. The highest BCUT2D eigenvalue weighted by Crippen LogP contribution is 2.22. The van der Waals surface area contributed by atoms with Crippen molar-refractivity contribution in [3.8, 4) is 0 Å². The summed E-state index contributed by atoms with van der Waals surface area (Å²) in [5.41, 5.74) is 2.63. The van der Waals surface area contributed by atoms with Crippen LogP contribution in [0.1, 0.15) is 56.0 Å². The first-order valence-corrected chi connectivity index (χ1v) is 9.89. The van der Waals surface area contributed by atoms with Crippen LogP contribution in [0.2, 0.25) is 0 Å². The van der Waals surface area contributed by atoms with Crippen LogP contribution in [0, 0.1) is 12.8 Å². The van der Waals surface area contributed by atoms with Crippen LogP contribution in [0.3, 0.4) is 0 Å².